The lowest BCUT2D eigenvalue weighted by Crippen LogP contribution is -2.32. The van der Waals surface area contributed by atoms with E-state index in [1.165, 1.54) is 6.07 Å². The van der Waals surface area contributed by atoms with E-state index in [2.05, 4.69) is 10.6 Å². The van der Waals surface area contributed by atoms with Gasteiger partial charge in [-0.2, -0.15) is 0 Å². The van der Waals surface area contributed by atoms with Gasteiger partial charge in [-0.1, -0.05) is 30.3 Å². The summed E-state index contributed by atoms with van der Waals surface area (Å²) in [5, 5.41) is 16.5. The third-order valence-electron chi connectivity index (χ3n) is 2.91. The summed E-state index contributed by atoms with van der Waals surface area (Å²) in [7, 11) is 0. The van der Waals surface area contributed by atoms with Crippen LogP contribution < -0.4 is 10.6 Å². The van der Waals surface area contributed by atoms with Crippen LogP contribution in [0.3, 0.4) is 0 Å². The maximum atomic E-state index is 12.1. The lowest BCUT2D eigenvalue weighted by Gasteiger charge is -2.15. The molecule has 6 heteroatoms. The summed E-state index contributed by atoms with van der Waals surface area (Å²) < 4.78 is 0. The number of hydrogen-bond donors (Lipinski definition) is 2. The van der Waals surface area contributed by atoms with Crippen LogP contribution in [0.1, 0.15) is 6.92 Å². The van der Waals surface area contributed by atoms with Gasteiger partial charge in [-0.3, -0.25) is 14.9 Å². The van der Waals surface area contributed by atoms with Gasteiger partial charge >= 0.3 is 0 Å². The van der Waals surface area contributed by atoms with E-state index >= 15 is 0 Å². The number of rotatable bonds is 5. The number of benzene rings is 2. The van der Waals surface area contributed by atoms with Crippen LogP contribution in [0.2, 0.25) is 0 Å². The zero-order chi connectivity index (χ0) is 15.2. The van der Waals surface area contributed by atoms with Gasteiger partial charge in [0.05, 0.1) is 4.92 Å². The molecule has 2 N–H and O–H groups in total. The first-order chi connectivity index (χ1) is 10.1. The molecule has 0 aliphatic rings. The van der Waals surface area contributed by atoms with Crippen molar-refractivity contribution >= 4 is 23.0 Å². The van der Waals surface area contributed by atoms with Crippen LogP contribution in [0.15, 0.2) is 54.6 Å². The molecular weight excluding hydrogens is 270 g/mol. The van der Waals surface area contributed by atoms with Gasteiger partial charge in [0.2, 0.25) is 5.91 Å². The molecule has 1 atom stereocenters. The van der Waals surface area contributed by atoms with Gasteiger partial charge in [0, 0.05) is 11.8 Å². The van der Waals surface area contributed by atoms with Gasteiger partial charge < -0.3 is 10.6 Å². The van der Waals surface area contributed by atoms with E-state index in [1.807, 2.05) is 18.2 Å². The highest BCUT2D eigenvalue weighted by Crippen LogP contribution is 2.24. The Hall–Kier alpha value is -2.89. The van der Waals surface area contributed by atoms with Gasteiger partial charge in [0.15, 0.2) is 0 Å². The summed E-state index contributed by atoms with van der Waals surface area (Å²) in [5.74, 6) is -0.264. The molecule has 0 aromatic heterocycles. The second-order valence-corrected chi connectivity index (χ2v) is 4.50. The third-order valence-corrected chi connectivity index (χ3v) is 2.91. The molecule has 108 valence electrons. The molecule has 2 rings (SSSR count). The van der Waals surface area contributed by atoms with Crippen molar-refractivity contribution in [3.05, 3.63) is 64.7 Å². The summed E-state index contributed by atoms with van der Waals surface area (Å²) in [6.45, 7) is 1.65. The Balaban J connectivity index is 2.06. The molecule has 2 aromatic rings. The fourth-order valence-corrected chi connectivity index (χ4v) is 1.83. The number of hydrogen-bond acceptors (Lipinski definition) is 4. The average molecular weight is 285 g/mol. The predicted octanol–water partition coefficient (Wildman–Crippen LogP) is 3.03. The van der Waals surface area contributed by atoms with Crippen molar-refractivity contribution in [1.29, 1.82) is 0 Å². The summed E-state index contributed by atoms with van der Waals surface area (Å²) >= 11 is 0. The number of carbonyl (C=O) groups excluding carboxylic acids is 1. The van der Waals surface area contributed by atoms with E-state index in [9.17, 15) is 14.9 Å². The molecule has 1 amide bonds. The molecule has 0 fully saturated rings. The number of anilines is 2. The van der Waals surface area contributed by atoms with Crippen LogP contribution in [-0.2, 0) is 4.79 Å². The SMILES string of the molecule is CC(Nc1ccccc1[N+](=O)[O-])C(=O)Nc1ccccc1. The average Bonchev–Trinajstić information content (AvgIpc) is 2.48. The van der Waals surface area contributed by atoms with Crippen molar-refractivity contribution in [3.63, 3.8) is 0 Å². The van der Waals surface area contributed by atoms with Crippen LogP contribution in [-0.4, -0.2) is 16.9 Å². The fraction of sp³-hybridized carbons (Fsp3) is 0.133. The van der Waals surface area contributed by atoms with Crippen LogP contribution >= 0.6 is 0 Å². The second kappa shape index (κ2) is 6.51. The summed E-state index contributed by atoms with van der Waals surface area (Å²) in [5.41, 5.74) is 0.939. The Morgan fingerprint density at radius 1 is 1.10 bits per heavy atom. The highest BCUT2D eigenvalue weighted by Gasteiger charge is 2.18. The quantitative estimate of drug-likeness (QED) is 0.653. The number of carbonyl (C=O) groups is 1. The topological polar surface area (TPSA) is 84.3 Å². The molecule has 1 unspecified atom stereocenters. The Kier molecular flexibility index (Phi) is 4.50. The van der Waals surface area contributed by atoms with Crippen LogP contribution in [0.25, 0.3) is 0 Å². The second-order valence-electron chi connectivity index (χ2n) is 4.50. The van der Waals surface area contributed by atoms with Crippen molar-refractivity contribution < 1.29 is 9.72 Å². The molecule has 2 aromatic carbocycles. The smallest absolute Gasteiger partial charge is 0.292 e. The molecule has 21 heavy (non-hydrogen) atoms. The monoisotopic (exact) mass is 285 g/mol. The molecule has 0 radical (unpaired) electrons. The van der Waals surface area contributed by atoms with Crippen molar-refractivity contribution in [2.45, 2.75) is 13.0 Å². The highest BCUT2D eigenvalue weighted by atomic mass is 16.6. The number of nitro benzene ring substituents is 1. The first-order valence-corrected chi connectivity index (χ1v) is 6.44. The molecule has 0 heterocycles. The first kappa shape index (κ1) is 14.5. The minimum Gasteiger partial charge on any atom is -0.368 e. The van der Waals surface area contributed by atoms with Crippen molar-refractivity contribution in [2.75, 3.05) is 10.6 Å². The zero-order valence-corrected chi connectivity index (χ0v) is 11.4. The Morgan fingerprint density at radius 2 is 1.71 bits per heavy atom. The third kappa shape index (κ3) is 3.79. The number of nitrogens with one attached hydrogen (secondary N) is 2. The van der Waals surface area contributed by atoms with Crippen molar-refractivity contribution in [1.82, 2.24) is 0 Å². The largest absolute Gasteiger partial charge is 0.368 e. The predicted molar refractivity (Wildman–Crippen MR) is 81.3 cm³/mol. The van der Waals surface area contributed by atoms with E-state index in [0.717, 1.165) is 0 Å². The molecular formula is C15H15N3O3. The number of para-hydroxylation sites is 3. The van der Waals surface area contributed by atoms with Crippen LogP contribution in [0.4, 0.5) is 17.1 Å². The van der Waals surface area contributed by atoms with E-state index in [4.69, 9.17) is 0 Å². The van der Waals surface area contributed by atoms with Gasteiger partial charge in [-0.15, -0.1) is 0 Å². The molecule has 0 aliphatic carbocycles. The number of nitro groups is 1. The van der Waals surface area contributed by atoms with Gasteiger partial charge in [-0.05, 0) is 25.1 Å². The number of nitrogens with zero attached hydrogens (tertiary/aromatic N) is 1. The van der Waals surface area contributed by atoms with Crippen LogP contribution in [0.5, 0.6) is 0 Å². The van der Waals surface area contributed by atoms with Gasteiger partial charge in [0.1, 0.15) is 11.7 Å². The maximum absolute atomic E-state index is 12.1. The Morgan fingerprint density at radius 3 is 2.38 bits per heavy atom. The minimum atomic E-state index is -0.605. The lowest BCUT2D eigenvalue weighted by molar-refractivity contribution is -0.384. The minimum absolute atomic E-state index is 0.0585. The van der Waals surface area contributed by atoms with Crippen molar-refractivity contribution in [3.8, 4) is 0 Å². The zero-order valence-electron chi connectivity index (χ0n) is 11.4. The number of amides is 1. The Bertz CT molecular complexity index is 644. The Labute approximate surface area is 121 Å². The molecule has 0 saturated carbocycles. The maximum Gasteiger partial charge on any atom is 0.292 e. The summed E-state index contributed by atoms with van der Waals surface area (Å²) in [6.07, 6.45) is 0. The van der Waals surface area contributed by atoms with E-state index in [1.54, 1.807) is 37.3 Å². The molecule has 0 saturated heterocycles. The molecule has 0 spiro atoms. The summed E-state index contributed by atoms with van der Waals surface area (Å²) in [4.78, 5) is 22.5. The normalized spacial score (nSPS) is 11.5. The van der Waals surface area contributed by atoms with E-state index in [-0.39, 0.29) is 11.6 Å². The fourth-order valence-electron chi connectivity index (χ4n) is 1.83. The van der Waals surface area contributed by atoms with E-state index < -0.39 is 11.0 Å². The molecule has 0 aliphatic heterocycles. The highest BCUT2D eigenvalue weighted by molar-refractivity contribution is 5.96. The van der Waals surface area contributed by atoms with E-state index in [0.29, 0.717) is 11.4 Å². The van der Waals surface area contributed by atoms with Gasteiger partial charge in [-0.25, -0.2) is 0 Å². The summed E-state index contributed by atoms with van der Waals surface area (Å²) in [6, 6.07) is 14.6. The molecule has 0 bridgehead atoms. The van der Waals surface area contributed by atoms with Crippen LogP contribution in [0, 0.1) is 10.1 Å². The van der Waals surface area contributed by atoms with Gasteiger partial charge in [0.25, 0.3) is 5.69 Å². The lowest BCUT2D eigenvalue weighted by atomic mass is 10.2. The van der Waals surface area contributed by atoms with Crippen molar-refractivity contribution in [2.24, 2.45) is 0 Å². The standard InChI is InChI=1S/C15H15N3O3/c1-11(15(19)17-12-7-3-2-4-8-12)16-13-9-5-6-10-14(13)18(20)21/h2-11,16H,1H3,(H,17,19). The molecule has 6 nitrogen and oxygen atoms in total. The first-order valence-electron chi connectivity index (χ1n) is 6.44.